The second-order valence-corrected chi connectivity index (χ2v) is 5.26. The molecule has 0 saturated carbocycles. The molecule has 2 aromatic carbocycles. The molecule has 2 unspecified atom stereocenters. The zero-order valence-electron chi connectivity index (χ0n) is 12.7. The van der Waals surface area contributed by atoms with Crippen molar-refractivity contribution >= 4 is 0 Å². The maximum Gasteiger partial charge on any atom is 0.123 e. The van der Waals surface area contributed by atoms with Gasteiger partial charge in [-0.05, 0) is 32.4 Å². The number of hydrogen-bond acceptors (Lipinski definition) is 2. The van der Waals surface area contributed by atoms with Gasteiger partial charge in [0.2, 0.25) is 0 Å². The normalized spacial score (nSPS) is 13.8. The minimum absolute atomic E-state index is 0.238. The van der Waals surface area contributed by atoms with Crippen molar-refractivity contribution < 1.29 is 4.74 Å². The standard InChI is InChI=1S/C18H23NO/c1-13-9-11-16(12-10-13)14(2)19-15(3)17-7-5-6-8-18(17)20-4/h5-12,14-15,19H,1-4H3. The van der Waals surface area contributed by atoms with Crippen molar-refractivity contribution in [3.05, 3.63) is 65.2 Å². The molecule has 2 atom stereocenters. The lowest BCUT2D eigenvalue weighted by molar-refractivity contribution is 0.396. The lowest BCUT2D eigenvalue weighted by Gasteiger charge is -2.22. The number of para-hydroxylation sites is 1. The molecule has 2 aromatic rings. The van der Waals surface area contributed by atoms with Gasteiger partial charge in [0.05, 0.1) is 7.11 Å². The Morgan fingerprint density at radius 3 is 2.20 bits per heavy atom. The van der Waals surface area contributed by atoms with E-state index in [0.717, 1.165) is 5.75 Å². The van der Waals surface area contributed by atoms with E-state index in [1.54, 1.807) is 7.11 Å². The summed E-state index contributed by atoms with van der Waals surface area (Å²) in [6, 6.07) is 17.4. The first-order chi connectivity index (χ1) is 9.61. The number of benzene rings is 2. The van der Waals surface area contributed by atoms with Gasteiger partial charge in [0.1, 0.15) is 5.75 Å². The smallest absolute Gasteiger partial charge is 0.123 e. The summed E-state index contributed by atoms with van der Waals surface area (Å²) in [5, 5.41) is 3.63. The quantitative estimate of drug-likeness (QED) is 0.867. The Morgan fingerprint density at radius 2 is 1.55 bits per heavy atom. The fourth-order valence-corrected chi connectivity index (χ4v) is 2.44. The van der Waals surface area contributed by atoms with Gasteiger partial charge in [0, 0.05) is 17.6 Å². The molecular formula is C18H23NO. The average Bonchev–Trinajstić information content (AvgIpc) is 2.47. The van der Waals surface area contributed by atoms with Gasteiger partial charge in [-0.3, -0.25) is 0 Å². The Hall–Kier alpha value is -1.80. The summed E-state index contributed by atoms with van der Waals surface area (Å²) in [5.41, 5.74) is 3.78. The van der Waals surface area contributed by atoms with Gasteiger partial charge in [0.15, 0.2) is 0 Å². The molecule has 0 aliphatic rings. The molecular weight excluding hydrogens is 246 g/mol. The van der Waals surface area contributed by atoms with E-state index in [2.05, 4.69) is 56.4 Å². The molecule has 0 spiro atoms. The van der Waals surface area contributed by atoms with Crippen LogP contribution in [-0.4, -0.2) is 7.11 Å². The number of methoxy groups -OCH3 is 1. The van der Waals surface area contributed by atoms with Crippen molar-refractivity contribution in [2.24, 2.45) is 0 Å². The Morgan fingerprint density at radius 1 is 0.900 bits per heavy atom. The molecule has 0 aliphatic carbocycles. The van der Waals surface area contributed by atoms with Crippen LogP contribution in [0.2, 0.25) is 0 Å². The van der Waals surface area contributed by atoms with Crippen LogP contribution in [0.1, 0.15) is 42.6 Å². The third-order valence-electron chi connectivity index (χ3n) is 3.68. The average molecular weight is 269 g/mol. The zero-order chi connectivity index (χ0) is 14.5. The lowest BCUT2D eigenvalue weighted by Crippen LogP contribution is -2.22. The van der Waals surface area contributed by atoms with Gasteiger partial charge in [-0.2, -0.15) is 0 Å². The van der Waals surface area contributed by atoms with Crippen LogP contribution >= 0.6 is 0 Å². The molecule has 20 heavy (non-hydrogen) atoms. The Bertz CT molecular complexity index is 548. The molecule has 0 amide bonds. The lowest BCUT2D eigenvalue weighted by atomic mass is 10.0. The topological polar surface area (TPSA) is 21.3 Å². The number of nitrogens with one attached hydrogen (secondary N) is 1. The number of ether oxygens (including phenoxy) is 1. The van der Waals surface area contributed by atoms with Gasteiger partial charge in [0.25, 0.3) is 0 Å². The third-order valence-corrected chi connectivity index (χ3v) is 3.68. The van der Waals surface area contributed by atoms with Crippen LogP contribution < -0.4 is 10.1 Å². The Labute approximate surface area is 121 Å². The van der Waals surface area contributed by atoms with E-state index >= 15 is 0 Å². The molecule has 0 radical (unpaired) electrons. The Balaban J connectivity index is 2.10. The molecule has 0 bridgehead atoms. The van der Waals surface area contributed by atoms with Gasteiger partial charge >= 0.3 is 0 Å². The number of rotatable bonds is 5. The van der Waals surface area contributed by atoms with Crippen molar-refractivity contribution in [1.29, 1.82) is 0 Å². The van der Waals surface area contributed by atoms with E-state index in [9.17, 15) is 0 Å². The fraction of sp³-hybridized carbons (Fsp3) is 0.333. The van der Waals surface area contributed by atoms with Crippen molar-refractivity contribution in [3.8, 4) is 5.75 Å². The minimum Gasteiger partial charge on any atom is -0.496 e. The van der Waals surface area contributed by atoms with Crippen LogP contribution in [0.3, 0.4) is 0 Å². The van der Waals surface area contributed by atoms with Crippen molar-refractivity contribution in [1.82, 2.24) is 5.32 Å². The van der Waals surface area contributed by atoms with Crippen molar-refractivity contribution in [3.63, 3.8) is 0 Å². The van der Waals surface area contributed by atoms with Crippen molar-refractivity contribution in [2.45, 2.75) is 32.9 Å². The van der Waals surface area contributed by atoms with Gasteiger partial charge in [-0.15, -0.1) is 0 Å². The molecule has 0 heterocycles. The highest BCUT2D eigenvalue weighted by atomic mass is 16.5. The monoisotopic (exact) mass is 269 g/mol. The summed E-state index contributed by atoms with van der Waals surface area (Å²) in [6.07, 6.45) is 0. The summed E-state index contributed by atoms with van der Waals surface area (Å²) < 4.78 is 5.43. The highest BCUT2D eigenvalue weighted by Gasteiger charge is 2.14. The highest BCUT2D eigenvalue weighted by molar-refractivity contribution is 5.36. The third kappa shape index (κ3) is 3.40. The fourth-order valence-electron chi connectivity index (χ4n) is 2.44. The van der Waals surface area contributed by atoms with Crippen LogP contribution in [0.15, 0.2) is 48.5 Å². The van der Waals surface area contributed by atoms with E-state index in [0.29, 0.717) is 6.04 Å². The predicted octanol–water partition coefficient (Wildman–Crippen LogP) is 4.42. The molecule has 0 aromatic heterocycles. The summed E-state index contributed by atoms with van der Waals surface area (Å²) in [5.74, 6) is 0.934. The summed E-state index contributed by atoms with van der Waals surface area (Å²) in [4.78, 5) is 0. The minimum atomic E-state index is 0.238. The first-order valence-corrected chi connectivity index (χ1v) is 7.07. The molecule has 2 nitrogen and oxygen atoms in total. The van der Waals surface area contributed by atoms with Gasteiger partial charge < -0.3 is 10.1 Å². The van der Waals surface area contributed by atoms with Crippen molar-refractivity contribution in [2.75, 3.05) is 7.11 Å². The first kappa shape index (κ1) is 14.6. The molecule has 0 aliphatic heterocycles. The molecule has 2 heteroatoms. The van der Waals surface area contributed by atoms with Crippen LogP contribution in [0, 0.1) is 6.92 Å². The first-order valence-electron chi connectivity index (χ1n) is 7.07. The van der Waals surface area contributed by atoms with Crippen LogP contribution in [0.5, 0.6) is 5.75 Å². The molecule has 0 fully saturated rings. The van der Waals surface area contributed by atoms with Crippen LogP contribution in [-0.2, 0) is 0 Å². The second kappa shape index (κ2) is 6.58. The van der Waals surface area contributed by atoms with E-state index in [1.807, 2.05) is 18.2 Å². The number of hydrogen-bond donors (Lipinski definition) is 1. The maximum absolute atomic E-state index is 5.43. The highest BCUT2D eigenvalue weighted by Crippen LogP contribution is 2.26. The molecule has 2 rings (SSSR count). The van der Waals surface area contributed by atoms with E-state index < -0.39 is 0 Å². The van der Waals surface area contributed by atoms with Gasteiger partial charge in [-0.25, -0.2) is 0 Å². The Kier molecular flexibility index (Phi) is 4.80. The summed E-state index contributed by atoms with van der Waals surface area (Å²) in [7, 11) is 1.72. The van der Waals surface area contributed by atoms with Crippen LogP contribution in [0.4, 0.5) is 0 Å². The van der Waals surface area contributed by atoms with Crippen LogP contribution in [0.25, 0.3) is 0 Å². The van der Waals surface area contributed by atoms with Gasteiger partial charge in [-0.1, -0.05) is 48.0 Å². The van der Waals surface area contributed by atoms with E-state index in [-0.39, 0.29) is 6.04 Å². The summed E-state index contributed by atoms with van der Waals surface area (Å²) >= 11 is 0. The SMILES string of the molecule is COc1ccccc1C(C)NC(C)c1ccc(C)cc1. The maximum atomic E-state index is 5.43. The molecule has 1 N–H and O–H groups in total. The summed E-state index contributed by atoms with van der Waals surface area (Å²) in [6.45, 7) is 6.47. The van der Waals surface area contributed by atoms with E-state index in [4.69, 9.17) is 4.74 Å². The molecule has 106 valence electrons. The molecule has 0 saturated heterocycles. The largest absolute Gasteiger partial charge is 0.496 e. The zero-order valence-corrected chi connectivity index (χ0v) is 12.7. The second-order valence-electron chi connectivity index (χ2n) is 5.26. The predicted molar refractivity (Wildman–Crippen MR) is 84.1 cm³/mol. The number of aryl methyl sites for hydroxylation is 1. The van der Waals surface area contributed by atoms with E-state index in [1.165, 1.54) is 16.7 Å².